The van der Waals surface area contributed by atoms with Gasteiger partial charge in [0.15, 0.2) is 0 Å². The molecule has 0 amide bonds. The number of aromatic nitrogens is 4. The van der Waals surface area contributed by atoms with Gasteiger partial charge in [-0.15, -0.1) is 0 Å². The number of nitrogens with one attached hydrogen (secondary N) is 2. The van der Waals surface area contributed by atoms with Gasteiger partial charge >= 0.3 is 6.18 Å². The van der Waals surface area contributed by atoms with Crippen LogP contribution in [0.3, 0.4) is 0 Å². The minimum atomic E-state index is -4.62. The lowest BCUT2D eigenvalue weighted by molar-refractivity contribution is -0.138. The number of piperidine rings is 1. The minimum Gasteiger partial charge on any atom is -0.361 e. The Hall–Kier alpha value is -3.34. The van der Waals surface area contributed by atoms with E-state index in [-0.39, 0.29) is 29.9 Å². The van der Waals surface area contributed by atoms with Gasteiger partial charge < -0.3 is 15.2 Å². The van der Waals surface area contributed by atoms with Crippen LogP contribution in [-0.2, 0) is 12.7 Å². The average Bonchev–Trinajstić information content (AvgIpc) is 3.36. The molecule has 178 valence electrons. The van der Waals surface area contributed by atoms with Crippen LogP contribution in [0.1, 0.15) is 53.7 Å². The second kappa shape index (κ2) is 8.46. The number of aliphatic imine (C=N–C) groups is 1. The highest BCUT2D eigenvalue weighted by Gasteiger charge is 2.38. The van der Waals surface area contributed by atoms with E-state index in [1.54, 1.807) is 19.1 Å². The number of hydrogen-bond donors (Lipinski definition) is 2. The summed E-state index contributed by atoms with van der Waals surface area (Å²) in [6.45, 7) is 6.56. The third-order valence-electron chi connectivity index (χ3n) is 6.22. The summed E-state index contributed by atoms with van der Waals surface area (Å²) in [5, 5.41) is 10.5. The summed E-state index contributed by atoms with van der Waals surface area (Å²) >= 11 is 0. The van der Waals surface area contributed by atoms with Crippen molar-refractivity contribution in [2.24, 2.45) is 4.99 Å². The normalized spacial score (nSPS) is 20.2. The maximum Gasteiger partial charge on any atom is 0.420 e. The number of fused-ring (bicyclic) bond motifs is 1. The summed E-state index contributed by atoms with van der Waals surface area (Å²) in [7, 11) is 0. The van der Waals surface area contributed by atoms with Crippen molar-refractivity contribution in [2.45, 2.75) is 58.4 Å². The topological polar surface area (TPSA) is 101 Å². The summed E-state index contributed by atoms with van der Waals surface area (Å²) < 4.78 is 46.8. The van der Waals surface area contributed by atoms with E-state index in [0.29, 0.717) is 41.0 Å². The molecule has 2 aliphatic heterocycles. The van der Waals surface area contributed by atoms with Crippen LogP contribution in [0.2, 0.25) is 0 Å². The highest BCUT2D eigenvalue weighted by molar-refractivity contribution is 6.14. The predicted molar refractivity (Wildman–Crippen MR) is 120 cm³/mol. The molecular weight excluding hydrogens is 447 g/mol. The fraction of sp³-hybridized carbons (Fsp3) is 0.435. The number of alkyl halides is 3. The molecule has 0 radical (unpaired) electrons. The summed E-state index contributed by atoms with van der Waals surface area (Å²) in [6, 6.07) is 3.93. The van der Waals surface area contributed by atoms with Crippen molar-refractivity contribution in [1.82, 2.24) is 25.4 Å². The molecule has 1 saturated heterocycles. The summed E-state index contributed by atoms with van der Waals surface area (Å²) in [5.41, 5.74) is 2.23. The molecule has 8 nitrogen and oxygen atoms in total. The zero-order valence-electron chi connectivity index (χ0n) is 19.0. The standard InChI is InChI=1S/C23H24F3N7O/c1-11-4-5-14(8-27-11)30-22-29-9-16(23(24,25)26)21(32-22)20-15-6-7-17(31-18(15)10-28-20)19-12(2)33-34-13(19)3/h6-7,9,11,14,27H,4-5,8,10H2,1-3H3,(H,29,30,32)/t11-,14-/m1/s1. The lowest BCUT2D eigenvalue weighted by atomic mass is 10.0. The van der Waals surface area contributed by atoms with E-state index >= 15 is 0 Å². The van der Waals surface area contributed by atoms with Crippen molar-refractivity contribution in [3.63, 3.8) is 0 Å². The monoisotopic (exact) mass is 471 g/mol. The van der Waals surface area contributed by atoms with Gasteiger partial charge in [-0.25, -0.2) is 15.0 Å². The van der Waals surface area contributed by atoms with Crippen LogP contribution < -0.4 is 10.6 Å². The highest BCUT2D eigenvalue weighted by atomic mass is 19.4. The van der Waals surface area contributed by atoms with Gasteiger partial charge in [0, 0.05) is 30.4 Å². The van der Waals surface area contributed by atoms with Crippen molar-refractivity contribution in [3.05, 3.63) is 52.3 Å². The molecule has 5 rings (SSSR count). The molecule has 5 heterocycles. The molecule has 0 spiro atoms. The van der Waals surface area contributed by atoms with Gasteiger partial charge in [0.05, 0.1) is 34.9 Å². The molecule has 3 aromatic rings. The molecule has 11 heteroatoms. The quantitative estimate of drug-likeness (QED) is 0.592. The fourth-order valence-corrected chi connectivity index (χ4v) is 4.41. The van der Waals surface area contributed by atoms with E-state index in [4.69, 9.17) is 4.52 Å². The van der Waals surface area contributed by atoms with Gasteiger partial charge in [-0.05, 0) is 45.7 Å². The second-order valence-electron chi connectivity index (χ2n) is 8.74. The second-order valence-corrected chi connectivity index (χ2v) is 8.74. The molecule has 3 aromatic heterocycles. The molecule has 34 heavy (non-hydrogen) atoms. The molecule has 2 aliphatic rings. The first-order chi connectivity index (χ1) is 16.2. The van der Waals surface area contributed by atoms with Crippen LogP contribution in [0, 0.1) is 13.8 Å². The molecule has 1 fully saturated rings. The number of rotatable bonds is 4. The lowest BCUT2D eigenvalue weighted by Gasteiger charge is -2.28. The third kappa shape index (κ3) is 4.15. The maximum absolute atomic E-state index is 13.9. The van der Waals surface area contributed by atoms with Crippen molar-refractivity contribution < 1.29 is 17.7 Å². The zero-order valence-corrected chi connectivity index (χ0v) is 19.0. The molecular formula is C23H24F3N7O. The van der Waals surface area contributed by atoms with Crippen LogP contribution >= 0.6 is 0 Å². The zero-order chi connectivity index (χ0) is 24.0. The Bertz CT molecular complexity index is 1240. The molecule has 2 N–H and O–H groups in total. The molecule has 0 aliphatic carbocycles. The van der Waals surface area contributed by atoms with Gasteiger partial charge in [0.2, 0.25) is 5.95 Å². The Kier molecular flexibility index (Phi) is 5.59. The Morgan fingerprint density at radius 3 is 2.65 bits per heavy atom. The number of anilines is 1. The largest absolute Gasteiger partial charge is 0.420 e. The number of pyridine rings is 1. The SMILES string of the molecule is Cc1noc(C)c1-c1ccc2c(n1)CN=C2c1nc(N[C@@H]2CC[C@@H](C)NC2)ncc1C(F)(F)F. The predicted octanol–water partition coefficient (Wildman–Crippen LogP) is 4.07. The highest BCUT2D eigenvalue weighted by Crippen LogP contribution is 2.35. The van der Waals surface area contributed by atoms with Crippen molar-refractivity contribution >= 4 is 11.7 Å². The number of aryl methyl sites for hydroxylation is 2. The van der Waals surface area contributed by atoms with Gasteiger partial charge in [0.1, 0.15) is 17.0 Å². The summed E-state index contributed by atoms with van der Waals surface area (Å²) in [5.74, 6) is 0.780. The van der Waals surface area contributed by atoms with E-state index in [9.17, 15) is 13.2 Å². The molecule has 0 aromatic carbocycles. The maximum atomic E-state index is 13.9. The smallest absolute Gasteiger partial charge is 0.361 e. The first-order valence-corrected chi connectivity index (χ1v) is 11.1. The minimum absolute atomic E-state index is 0.0397. The molecule has 0 bridgehead atoms. The van der Waals surface area contributed by atoms with Gasteiger partial charge in [0.25, 0.3) is 0 Å². The Morgan fingerprint density at radius 1 is 1.15 bits per heavy atom. The fourth-order valence-electron chi connectivity index (χ4n) is 4.41. The summed E-state index contributed by atoms with van der Waals surface area (Å²) in [4.78, 5) is 17.3. The van der Waals surface area contributed by atoms with Crippen molar-refractivity contribution in [1.29, 1.82) is 0 Å². The van der Waals surface area contributed by atoms with E-state index in [1.807, 2.05) is 6.92 Å². The van der Waals surface area contributed by atoms with Crippen LogP contribution in [0.4, 0.5) is 19.1 Å². The average molecular weight is 471 g/mol. The Morgan fingerprint density at radius 2 is 1.97 bits per heavy atom. The number of halogens is 3. The first kappa shape index (κ1) is 22.5. The Labute approximate surface area is 194 Å². The van der Waals surface area contributed by atoms with Crippen LogP contribution in [-0.4, -0.2) is 44.4 Å². The molecule has 0 saturated carbocycles. The van der Waals surface area contributed by atoms with Crippen LogP contribution in [0.5, 0.6) is 0 Å². The van der Waals surface area contributed by atoms with Gasteiger partial charge in [-0.1, -0.05) is 5.16 Å². The molecule has 0 unspecified atom stereocenters. The van der Waals surface area contributed by atoms with Crippen LogP contribution in [0.15, 0.2) is 27.8 Å². The Balaban J connectivity index is 1.50. The van der Waals surface area contributed by atoms with Gasteiger partial charge in [-0.3, -0.25) is 4.99 Å². The van der Waals surface area contributed by atoms with E-state index < -0.39 is 11.7 Å². The van der Waals surface area contributed by atoms with Crippen molar-refractivity contribution in [3.8, 4) is 11.3 Å². The number of nitrogens with zero attached hydrogens (tertiary/aromatic N) is 5. The number of hydrogen-bond acceptors (Lipinski definition) is 8. The van der Waals surface area contributed by atoms with E-state index in [1.165, 1.54) is 0 Å². The van der Waals surface area contributed by atoms with Crippen molar-refractivity contribution in [2.75, 3.05) is 11.9 Å². The molecule has 2 atom stereocenters. The van der Waals surface area contributed by atoms with E-state index in [2.05, 4.69) is 42.7 Å². The lowest BCUT2D eigenvalue weighted by Crippen LogP contribution is -2.43. The van der Waals surface area contributed by atoms with E-state index in [0.717, 1.165) is 24.6 Å². The summed E-state index contributed by atoms with van der Waals surface area (Å²) in [6.07, 6.45) is -1.95. The van der Waals surface area contributed by atoms with Gasteiger partial charge in [-0.2, -0.15) is 13.2 Å². The first-order valence-electron chi connectivity index (χ1n) is 11.1. The van der Waals surface area contributed by atoms with Crippen LogP contribution in [0.25, 0.3) is 11.3 Å². The third-order valence-corrected chi connectivity index (χ3v) is 6.22.